The van der Waals surface area contributed by atoms with E-state index in [1.807, 2.05) is 37.6 Å². The molecule has 0 atom stereocenters. The van der Waals surface area contributed by atoms with Gasteiger partial charge >= 0.3 is 0 Å². The van der Waals surface area contributed by atoms with Crippen LogP contribution in [0.3, 0.4) is 0 Å². The van der Waals surface area contributed by atoms with Crippen molar-refractivity contribution in [3.8, 4) is 0 Å². The molecule has 0 bridgehead atoms. The molecule has 0 aliphatic heterocycles. The number of hydrogen-bond acceptors (Lipinski definition) is 2. The molecule has 1 aromatic heterocycles. The second-order valence-corrected chi connectivity index (χ2v) is 4.67. The fraction of sp³-hybridized carbons (Fsp3) is 0.357. The number of aryl methyl sites for hydroxylation is 1. The number of aromatic nitrogens is 2. The van der Waals surface area contributed by atoms with Crippen molar-refractivity contribution >= 4 is 11.6 Å². The van der Waals surface area contributed by atoms with Gasteiger partial charge in [0, 0.05) is 30.4 Å². The maximum absolute atomic E-state index is 6.17. The van der Waals surface area contributed by atoms with Gasteiger partial charge in [0.25, 0.3) is 0 Å². The van der Waals surface area contributed by atoms with Crippen molar-refractivity contribution in [3.05, 3.63) is 53.1 Å². The minimum atomic E-state index is 0.784. The fourth-order valence-electron chi connectivity index (χ4n) is 1.95. The first-order valence-electron chi connectivity index (χ1n) is 6.19. The van der Waals surface area contributed by atoms with Gasteiger partial charge in [-0.25, -0.2) is 4.98 Å². The predicted molar refractivity (Wildman–Crippen MR) is 75.0 cm³/mol. The number of imidazole rings is 1. The molecule has 0 saturated carbocycles. The lowest BCUT2D eigenvalue weighted by atomic mass is 10.1. The number of nitrogens with one attached hydrogen (secondary N) is 1. The lowest BCUT2D eigenvalue weighted by molar-refractivity contribution is 0.594. The summed E-state index contributed by atoms with van der Waals surface area (Å²) >= 11 is 6.17. The highest BCUT2D eigenvalue weighted by Gasteiger charge is 2.06. The zero-order valence-electron chi connectivity index (χ0n) is 10.6. The van der Waals surface area contributed by atoms with E-state index in [1.165, 1.54) is 0 Å². The Morgan fingerprint density at radius 3 is 2.94 bits per heavy atom. The smallest absolute Gasteiger partial charge is 0.113 e. The van der Waals surface area contributed by atoms with Crippen molar-refractivity contribution in [2.24, 2.45) is 0 Å². The Morgan fingerprint density at radius 2 is 2.17 bits per heavy atom. The molecule has 2 aromatic rings. The first kappa shape index (κ1) is 13.1. The maximum atomic E-state index is 6.17. The molecule has 2 rings (SSSR count). The molecule has 1 aromatic carbocycles. The van der Waals surface area contributed by atoms with E-state index in [1.54, 1.807) is 0 Å². The second kappa shape index (κ2) is 6.57. The van der Waals surface area contributed by atoms with Crippen molar-refractivity contribution in [2.45, 2.75) is 19.4 Å². The van der Waals surface area contributed by atoms with E-state index in [9.17, 15) is 0 Å². The third-order valence-corrected chi connectivity index (χ3v) is 3.30. The summed E-state index contributed by atoms with van der Waals surface area (Å²) in [6.45, 7) is 2.00. The largest absolute Gasteiger partial charge is 0.335 e. The van der Waals surface area contributed by atoms with Crippen LogP contribution in [0.25, 0.3) is 0 Å². The third kappa shape index (κ3) is 3.34. The molecule has 0 saturated heterocycles. The summed E-state index contributed by atoms with van der Waals surface area (Å²) in [7, 11) is 1.97. The Bertz CT molecular complexity index is 493. The van der Waals surface area contributed by atoms with Crippen LogP contribution in [0.5, 0.6) is 0 Å². The Kier molecular flexibility index (Phi) is 4.79. The summed E-state index contributed by atoms with van der Waals surface area (Å²) in [5.74, 6) is 1.07. The van der Waals surface area contributed by atoms with Crippen molar-refractivity contribution in [3.63, 3.8) is 0 Å². The molecule has 18 heavy (non-hydrogen) atoms. The molecule has 0 radical (unpaired) electrons. The molecular weight excluding hydrogens is 246 g/mol. The second-order valence-electron chi connectivity index (χ2n) is 4.26. The van der Waals surface area contributed by atoms with E-state index in [4.69, 9.17) is 11.6 Å². The van der Waals surface area contributed by atoms with Gasteiger partial charge in [-0.2, -0.15) is 0 Å². The van der Waals surface area contributed by atoms with E-state index in [0.717, 1.165) is 42.3 Å². The van der Waals surface area contributed by atoms with Crippen LogP contribution in [-0.4, -0.2) is 23.1 Å². The first-order chi connectivity index (χ1) is 8.81. The van der Waals surface area contributed by atoms with Gasteiger partial charge in [0.15, 0.2) is 0 Å². The van der Waals surface area contributed by atoms with Crippen LogP contribution in [0.15, 0.2) is 36.7 Å². The van der Waals surface area contributed by atoms with Gasteiger partial charge in [0.05, 0.1) is 0 Å². The normalized spacial score (nSPS) is 10.8. The highest BCUT2D eigenvalue weighted by atomic mass is 35.5. The van der Waals surface area contributed by atoms with Crippen molar-refractivity contribution in [1.29, 1.82) is 0 Å². The Morgan fingerprint density at radius 1 is 1.33 bits per heavy atom. The SMILES string of the molecule is CNCCCn1ccnc1Cc1ccccc1Cl. The minimum absolute atomic E-state index is 0.784. The molecule has 0 fully saturated rings. The third-order valence-electron chi connectivity index (χ3n) is 2.93. The Labute approximate surface area is 113 Å². The number of halogens is 1. The van der Waals surface area contributed by atoms with Crippen molar-refractivity contribution in [1.82, 2.24) is 14.9 Å². The number of rotatable bonds is 6. The fourth-order valence-corrected chi connectivity index (χ4v) is 2.15. The lowest BCUT2D eigenvalue weighted by Crippen LogP contribution is -2.12. The van der Waals surface area contributed by atoms with Crippen molar-refractivity contribution in [2.75, 3.05) is 13.6 Å². The summed E-state index contributed by atoms with van der Waals surface area (Å²) in [6, 6.07) is 7.93. The van der Waals surface area contributed by atoms with E-state index >= 15 is 0 Å². The number of nitrogens with zero attached hydrogens (tertiary/aromatic N) is 2. The maximum Gasteiger partial charge on any atom is 0.113 e. The molecule has 0 amide bonds. The quantitative estimate of drug-likeness (QED) is 0.813. The van der Waals surface area contributed by atoms with E-state index < -0.39 is 0 Å². The van der Waals surface area contributed by atoms with Crippen LogP contribution in [0.4, 0.5) is 0 Å². The zero-order chi connectivity index (χ0) is 12.8. The average Bonchev–Trinajstić information content (AvgIpc) is 2.80. The lowest BCUT2D eigenvalue weighted by Gasteiger charge is -2.08. The summed E-state index contributed by atoms with van der Waals surface area (Å²) in [4.78, 5) is 4.42. The van der Waals surface area contributed by atoms with Crippen LogP contribution in [0.1, 0.15) is 17.8 Å². The highest BCUT2D eigenvalue weighted by molar-refractivity contribution is 6.31. The van der Waals surface area contributed by atoms with Gasteiger partial charge in [-0.1, -0.05) is 29.8 Å². The van der Waals surface area contributed by atoms with E-state index in [-0.39, 0.29) is 0 Å². The van der Waals surface area contributed by atoms with Crippen LogP contribution >= 0.6 is 11.6 Å². The molecule has 1 N–H and O–H groups in total. The van der Waals surface area contributed by atoms with Gasteiger partial charge in [0.2, 0.25) is 0 Å². The minimum Gasteiger partial charge on any atom is -0.335 e. The van der Waals surface area contributed by atoms with Crippen LogP contribution in [0.2, 0.25) is 5.02 Å². The van der Waals surface area contributed by atoms with Crippen LogP contribution in [0, 0.1) is 0 Å². The Hall–Kier alpha value is -1.32. The molecule has 0 unspecified atom stereocenters. The molecule has 0 aliphatic carbocycles. The summed E-state index contributed by atoms with van der Waals surface area (Å²) in [5.41, 5.74) is 1.13. The molecule has 3 nitrogen and oxygen atoms in total. The molecule has 1 heterocycles. The molecule has 0 spiro atoms. The standard InChI is InChI=1S/C14H18ClN3/c1-16-7-4-9-18-10-8-17-14(18)11-12-5-2-3-6-13(12)15/h2-3,5-6,8,10,16H,4,7,9,11H2,1H3. The van der Waals surface area contributed by atoms with Gasteiger partial charge in [0.1, 0.15) is 5.82 Å². The molecule has 4 heteroatoms. The highest BCUT2D eigenvalue weighted by Crippen LogP contribution is 2.18. The zero-order valence-corrected chi connectivity index (χ0v) is 11.3. The predicted octanol–water partition coefficient (Wildman–Crippen LogP) is 2.74. The summed E-state index contributed by atoms with van der Waals surface area (Å²) in [6.07, 6.45) is 5.77. The van der Waals surface area contributed by atoms with Gasteiger partial charge in [-0.05, 0) is 31.6 Å². The summed E-state index contributed by atoms with van der Waals surface area (Å²) < 4.78 is 2.20. The molecule has 96 valence electrons. The van der Waals surface area contributed by atoms with Gasteiger partial charge in [-0.15, -0.1) is 0 Å². The first-order valence-corrected chi connectivity index (χ1v) is 6.57. The topological polar surface area (TPSA) is 29.9 Å². The average molecular weight is 264 g/mol. The van der Waals surface area contributed by atoms with Crippen LogP contribution < -0.4 is 5.32 Å². The van der Waals surface area contributed by atoms with E-state index in [2.05, 4.69) is 20.9 Å². The monoisotopic (exact) mass is 263 g/mol. The molecular formula is C14H18ClN3. The van der Waals surface area contributed by atoms with Gasteiger partial charge < -0.3 is 9.88 Å². The van der Waals surface area contributed by atoms with Crippen molar-refractivity contribution < 1.29 is 0 Å². The molecule has 0 aliphatic rings. The number of hydrogen-bond donors (Lipinski definition) is 1. The van der Waals surface area contributed by atoms with Crippen LogP contribution in [-0.2, 0) is 13.0 Å². The number of benzene rings is 1. The van der Waals surface area contributed by atoms with E-state index in [0.29, 0.717) is 0 Å². The Balaban J connectivity index is 2.05. The summed E-state index contributed by atoms with van der Waals surface area (Å²) in [5, 5.41) is 3.96. The van der Waals surface area contributed by atoms with Gasteiger partial charge in [-0.3, -0.25) is 0 Å².